The van der Waals surface area contributed by atoms with Crippen molar-refractivity contribution in [2.45, 2.75) is 25.9 Å². The van der Waals surface area contributed by atoms with Gasteiger partial charge < -0.3 is 5.73 Å². The fourth-order valence-electron chi connectivity index (χ4n) is 2.64. The molecule has 1 saturated heterocycles. The Kier molecular flexibility index (Phi) is 4.54. The van der Waals surface area contributed by atoms with Gasteiger partial charge in [-0.05, 0) is 53.4 Å². The molecule has 0 amide bonds. The highest BCUT2D eigenvalue weighted by Crippen LogP contribution is 2.28. The first-order valence-electron chi connectivity index (χ1n) is 6.38. The van der Waals surface area contributed by atoms with Crippen LogP contribution in [0.5, 0.6) is 0 Å². The van der Waals surface area contributed by atoms with Crippen molar-refractivity contribution < 1.29 is 4.92 Å². The van der Waals surface area contributed by atoms with Gasteiger partial charge in [-0.25, -0.2) is 0 Å². The summed E-state index contributed by atoms with van der Waals surface area (Å²) in [7, 11) is 0. The van der Waals surface area contributed by atoms with E-state index >= 15 is 0 Å². The zero-order valence-electron chi connectivity index (χ0n) is 10.9. The summed E-state index contributed by atoms with van der Waals surface area (Å²) in [4.78, 5) is 12.9. The number of halogens is 1. The maximum Gasteiger partial charge on any atom is 0.283 e. The molecule has 0 saturated carbocycles. The Morgan fingerprint density at radius 3 is 2.89 bits per heavy atom. The van der Waals surface area contributed by atoms with Crippen molar-refractivity contribution in [2.75, 3.05) is 13.1 Å². The van der Waals surface area contributed by atoms with Crippen molar-refractivity contribution in [3.8, 4) is 0 Å². The van der Waals surface area contributed by atoms with Crippen molar-refractivity contribution in [1.82, 2.24) is 4.90 Å². The third-order valence-electron chi connectivity index (χ3n) is 3.72. The van der Waals surface area contributed by atoms with Gasteiger partial charge in [0.05, 0.1) is 9.40 Å². The molecular weight excluding hydrogens is 310 g/mol. The van der Waals surface area contributed by atoms with Gasteiger partial charge >= 0.3 is 0 Å². The highest BCUT2D eigenvalue weighted by atomic mass is 79.9. The molecule has 2 rings (SSSR count). The fraction of sp³-hybridized carbons (Fsp3) is 0.538. The molecule has 6 heteroatoms. The van der Waals surface area contributed by atoms with Gasteiger partial charge in [0.2, 0.25) is 0 Å². The van der Waals surface area contributed by atoms with E-state index in [9.17, 15) is 10.1 Å². The molecule has 1 aromatic carbocycles. The number of rotatable bonds is 4. The number of nitrogens with zero attached hydrogens (tertiary/aromatic N) is 2. The molecule has 104 valence electrons. The number of likely N-dealkylation sites (tertiary alicyclic amines) is 1. The van der Waals surface area contributed by atoms with Crippen LogP contribution in [0.4, 0.5) is 5.69 Å². The maximum atomic E-state index is 10.9. The van der Waals surface area contributed by atoms with Gasteiger partial charge in [-0.3, -0.25) is 15.0 Å². The highest BCUT2D eigenvalue weighted by molar-refractivity contribution is 9.10. The molecule has 1 heterocycles. The fourth-order valence-corrected chi connectivity index (χ4v) is 3.03. The van der Waals surface area contributed by atoms with E-state index in [0.29, 0.717) is 23.0 Å². The topological polar surface area (TPSA) is 72.4 Å². The minimum Gasteiger partial charge on any atom is -0.330 e. The Hall–Kier alpha value is -0.980. The Morgan fingerprint density at radius 2 is 2.32 bits per heavy atom. The number of nitro groups is 1. The van der Waals surface area contributed by atoms with Crippen LogP contribution < -0.4 is 5.73 Å². The van der Waals surface area contributed by atoms with Crippen molar-refractivity contribution in [2.24, 2.45) is 11.7 Å². The summed E-state index contributed by atoms with van der Waals surface area (Å²) >= 11 is 3.20. The zero-order valence-corrected chi connectivity index (χ0v) is 12.5. The molecule has 1 aliphatic rings. The Labute approximate surface area is 121 Å². The molecule has 2 unspecified atom stereocenters. The van der Waals surface area contributed by atoms with E-state index < -0.39 is 0 Å². The van der Waals surface area contributed by atoms with Gasteiger partial charge in [-0.2, -0.15) is 0 Å². The van der Waals surface area contributed by atoms with Gasteiger partial charge in [0, 0.05) is 25.2 Å². The summed E-state index contributed by atoms with van der Waals surface area (Å²) in [6, 6.07) is 5.80. The molecule has 0 radical (unpaired) electrons. The van der Waals surface area contributed by atoms with Crippen molar-refractivity contribution in [1.29, 1.82) is 0 Å². The second-order valence-electron chi connectivity index (χ2n) is 5.16. The molecule has 1 fully saturated rings. The predicted molar refractivity (Wildman–Crippen MR) is 77.8 cm³/mol. The summed E-state index contributed by atoms with van der Waals surface area (Å²) in [6.45, 7) is 4.61. The number of benzene rings is 1. The third-order valence-corrected chi connectivity index (χ3v) is 4.39. The number of hydrogen-bond donors (Lipinski definition) is 1. The van der Waals surface area contributed by atoms with Crippen molar-refractivity contribution in [3.05, 3.63) is 38.3 Å². The van der Waals surface area contributed by atoms with Crippen molar-refractivity contribution in [3.63, 3.8) is 0 Å². The first-order valence-corrected chi connectivity index (χ1v) is 7.17. The molecule has 0 bridgehead atoms. The Bertz CT molecular complexity index is 481. The summed E-state index contributed by atoms with van der Waals surface area (Å²) in [5.41, 5.74) is 6.81. The lowest BCUT2D eigenvalue weighted by atomic mass is 10.1. The lowest BCUT2D eigenvalue weighted by Gasteiger charge is -2.21. The van der Waals surface area contributed by atoms with Gasteiger partial charge in [-0.15, -0.1) is 0 Å². The molecular formula is C13H18BrN3O2. The summed E-state index contributed by atoms with van der Waals surface area (Å²) in [5, 5.41) is 10.9. The highest BCUT2D eigenvalue weighted by Gasteiger charge is 2.28. The van der Waals surface area contributed by atoms with Crippen LogP contribution >= 0.6 is 15.9 Å². The summed E-state index contributed by atoms with van der Waals surface area (Å²) in [5.74, 6) is 0.542. The largest absolute Gasteiger partial charge is 0.330 e. The Morgan fingerprint density at radius 1 is 1.58 bits per heavy atom. The zero-order chi connectivity index (χ0) is 14.0. The van der Waals surface area contributed by atoms with Crippen LogP contribution in [0.2, 0.25) is 0 Å². The number of nitrogens with two attached hydrogens (primary N) is 1. The van der Waals surface area contributed by atoms with Gasteiger partial charge in [-0.1, -0.05) is 6.07 Å². The van der Waals surface area contributed by atoms with Crippen LogP contribution in [0.25, 0.3) is 0 Å². The van der Waals surface area contributed by atoms with E-state index in [1.54, 1.807) is 12.1 Å². The molecule has 1 aromatic rings. The first-order chi connectivity index (χ1) is 9.01. The number of hydrogen-bond acceptors (Lipinski definition) is 4. The smallest absolute Gasteiger partial charge is 0.283 e. The van der Waals surface area contributed by atoms with Crippen molar-refractivity contribution >= 4 is 21.6 Å². The van der Waals surface area contributed by atoms with Crippen LogP contribution in [0.1, 0.15) is 18.9 Å². The average Bonchev–Trinajstić information content (AvgIpc) is 2.72. The van der Waals surface area contributed by atoms with E-state index in [-0.39, 0.29) is 10.6 Å². The van der Waals surface area contributed by atoms with Crippen LogP contribution in [0.3, 0.4) is 0 Å². The normalized spacial score (nSPS) is 23.7. The monoisotopic (exact) mass is 327 g/mol. The van der Waals surface area contributed by atoms with Gasteiger partial charge in [0.25, 0.3) is 5.69 Å². The van der Waals surface area contributed by atoms with Gasteiger partial charge in [0.1, 0.15) is 0 Å². The van der Waals surface area contributed by atoms with E-state index in [1.807, 2.05) is 6.07 Å². The molecule has 2 atom stereocenters. The molecule has 5 nitrogen and oxygen atoms in total. The lowest BCUT2D eigenvalue weighted by molar-refractivity contribution is -0.385. The summed E-state index contributed by atoms with van der Waals surface area (Å²) in [6.07, 6.45) is 1.11. The minimum absolute atomic E-state index is 0.125. The predicted octanol–water partition coefficient (Wildman–Crippen LogP) is 2.53. The molecule has 19 heavy (non-hydrogen) atoms. The second-order valence-corrected chi connectivity index (χ2v) is 6.01. The molecule has 0 aliphatic carbocycles. The van der Waals surface area contributed by atoms with Crippen LogP contribution in [0, 0.1) is 16.0 Å². The number of nitro benzene ring substituents is 1. The maximum absolute atomic E-state index is 10.9. The quantitative estimate of drug-likeness (QED) is 0.681. The molecule has 0 spiro atoms. The molecule has 1 aliphatic heterocycles. The first kappa shape index (κ1) is 14.4. The van der Waals surface area contributed by atoms with E-state index in [2.05, 4.69) is 27.8 Å². The average molecular weight is 328 g/mol. The standard InChI is InChI=1S/C13H18BrN3O2/c1-9-4-11(6-15)8-16(9)7-10-2-3-12(14)13(5-10)17(18)19/h2-3,5,9,11H,4,6-8,15H2,1H3. The second kappa shape index (κ2) is 5.98. The third kappa shape index (κ3) is 3.32. The molecule has 0 aromatic heterocycles. The van der Waals surface area contributed by atoms with E-state index in [0.717, 1.165) is 25.1 Å². The van der Waals surface area contributed by atoms with E-state index in [1.165, 1.54) is 0 Å². The summed E-state index contributed by atoms with van der Waals surface area (Å²) < 4.78 is 0.524. The van der Waals surface area contributed by atoms with E-state index in [4.69, 9.17) is 5.73 Å². The van der Waals surface area contributed by atoms with Crippen LogP contribution in [-0.4, -0.2) is 29.0 Å². The van der Waals surface area contributed by atoms with Crippen LogP contribution in [0.15, 0.2) is 22.7 Å². The van der Waals surface area contributed by atoms with Gasteiger partial charge in [0.15, 0.2) is 0 Å². The SMILES string of the molecule is CC1CC(CN)CN1Cc1ccc(Br)c([N+](=O)[O-])c1. The Balaban J connectivity index is 2.11. The van der Waals surface area contributed by atoms with Crippen LogP contribution in [-0.2, 0) is 6.54 Å². The lowest BCUT2D eigenvalue weighted by Crippen LogP contribution is -2.27. The minimum atomic E-state index is -0.357. The molecule has 2 N–H and O–H groups in total.